The summed E-state index contributed by atoms with van der Waals surface area (Å²) in [4.78, 5) is 3.99. The van der Waals surface area contributed by atoms with E-state index in [0.717, 1.165) is 110 Å². The molecule has 0 saturated heterocycles. The van der Waals surface area contributed by atoms with Crippen molar-refractivity contribution in [1.82, 2.24) is 9.13 Å². The Morgan fingerprint density at radius 1 is 0.500 bits per heavy atom. The van der Waals surface area contributed by atoms with E-state index in [-0.39, 0.29) is 0 Å². The van der Waals surface area contributed by atoms with Crippen LogP contribution in [0.5, 0.6) is 0 Å². The SMILES string of the molecule is [C-]#[N+]c1cc(-c2cccc(C#N)c2-n2c3ccccc3c3c4oc5ccccc5c4ccc32)cc(-n2c3ccccc3c3c4oc5ccccc5c4ccc32)c1. The maximum atomic E-state index is 10.7. The number of nitriles is 1. The summed E-state index contributed by atoms with van der Waals surface area (Å²) in [6, 6.07) is 55.8. The number of rotatable bonds is 3. The first-order valence-corrected chi connectivity index (χ1v) is 18.4. The average Bonchev–Trinajstić information content (AvgIpc) is 4.00. The highest BCUT2D eigenvalue weighted by atomic mass is 16.3. The zero-order valence-corrected chi connectivity index (χ0v) is 29.6. The average molecular weight is 715 g/mol. The second kappa shape index (κ2) is 11.2. The summed E-state index contributed by atoms with van der Waals surface area (Å²) in [7, 11) is 0. The minimum absolute atomic E-state index is 0.493. The highest BCUT2D eigenvalue weighted by Crippen LogP contribution is 2.45. The van der Waals surface area contributed by atoms with Gasteiger partial charge in [-0.25, -0.2) is 4.85 Å². The van der Waals surface area contributed by atoms with E-state index in [4.69, 9.17) is 15.4 Å². The fourth-order valence-electron chi connectivity index (χ4n) is 9.04. The van der Waals surface area contributed by atoms with E-state index in [1.54, 1.807) is 0 Å². The molecule has 258 valence electrons. The summed E-state index contributed by atoms with van der Waals surface area (Å²) in [5.74, 6) is 0. The Kier molecular flexibility index (Phi) is 6.10. The van der Waals surface area contributed by atoms with Crippen LogP contribution < -0.4 is 0 Å². The Hall–Kier alpha value is -8.06. The standard InChI is InChI=1S/C50H26N4O2/c1-52-31-25-30(26-32(27-31)53-40-17-6-2-14-38(40)46-42(53)23-21-36-34-12-4-8-19-44(34)55-49(36)46)33-16-10-11-29(28-51)48(33)54-41-18-7-3-15-39(41)47-43(54)24-22-37-35-13-5-9-20-45(35)56-50(37)47/h2-27H. The van der Waals surface area contributed by atoms with E-state index >= 15 is 0 Å². The van der Waals surface area contributed by atoms with Crippen LogP contribution in [-0.4, -0.2) is 9.13 Å². The lowest BCUT2D eigenvalue weighted by atomic mass is 9.98. The lowest BCUT2D eigenvalue weighted by Gasteiger charge is -2.17. The number of benzene rings is 8. The first kappa shape index (κ1) is 30.4. The van der Waals surface area contributed by atoms with Crippen LogP contribution in [0.1, 0.15) is 5.56 Å². The summed E-state index contributed by atoms with van der Waals surface area (Å²) < 4.78 is 17.5. The Labute approximate surface area is 318 Å². The summed E-state index contributed by atoms with van der Waals surface area (Å²) in [6.07, 6.45) is 0. The molecule has 6 heteroatoms. The molecule has 0 N–H and O–H groups in total. The van der Waals surface area contributed by atoms with Gasteiger partial charge in [0, 0.05) is 43.6 Å². The maximum absolute atomic E-state index is 10.7. The molecule has 0 aliphatic carbocycles. The first-order chi connectivity index (χ1) is 27.7. The maximum Gasteiger partial charge on any atom is 0.189 e. The van der Waals surface area contributed by atoms with Gasteiger partial charge in [0.15, 0.2) is 5.69 Å². The quantitative estimate of drug-likeness (QED) is 0.171. The fourth-order valence-corrected chi connectivity index (χ4v) is 9.04. The molecular weight excluding hydrogens is 689 g/mol. The molecule has 0 bridgehead atoms. The van der Waals surface area contributed by atoms with Crippen LogP contribution in [0, 0.1) is 17.9 Å². The summed E-state index contributed by atoms with van der Waals surface area (Å²) in [5.41, 5.74) is 11.5. The molecule has 0 atom stereocenters. The fraction of sp³-hybridized carbons (Fsp3) is 0. The van der Waals surface area contributed by atoms with E-state index in [2.05, 4.69) is 92.8 Å². The van der Waals surface area contributed by atoms with Crippen molar-refractivity contribution in [3.8, 4) is 28.6 Å². The predicted octanol–water partition coefficient (Wildman–Crippen LogP) is 13.8. The molecule has 4 aromatic heterocycles. The molecule has 12 aromatic rings. The normalized spacial score (nSPS) is 11.9. The Balaban J connectivity index is 1.16. The summed E-state index contributed by atoms with van der Waals surface area (Å²) in [5, 5.41) is 19.1. The van der Waals surface area contributed by atoms with Gasteiger partial charge in [0.05, 0.1) is 50.7 Å². The Morgan fingerprint density at radius 2 is 1.05 bits per heavy atom. The van der Waals surface area contributed by atoms with Crippen LogP contribution in [0.2, 0.25) is 0 Å². The van der Waals surface area contributed by atoms with Crippen LogP contribution >= 0.6 is 0 Å². The summed E-state index contributed by atoms with van der Waals surface area (Å²) >= 11 is 0. The van der Waals surface area contributed by atoms with Crippen LogP contribution in [0.15, 0.2) is 167 Å². The second-order valence-corrected chi connectivity index (χ2v) is 14.2. The molecule has 0 radical (unpaired) electrons. The van der Waals surface area contributed by atoms with E-state index in [0.29, 0.717) is 11.3 Å². The lowest BCUT2D eigenvalue weighted by molar-refractivity contribution is 0.672. The minimum atomic E-state index is 0.493. The highest BCUT2D eigenvalue weighted by Gasteiger charge is 2.24. The molecule has 0 saturated carbocycles. The monoisotopic (exact) mass is 714 g/mol. The molecule has 0 aliphatic rings. The molecule has 0 spiro atoms. The predicted molar refractivity (Wildman–Crippen MR) is 226 cm³/mol. The third-order valence-electron chi connectivity index (χ3n) is 11.3. The minimum Gasteiger partial charge on any atom is -0.455 e. The highest BCUT2D eigenvalue weighted by molar-refractivity contribution is 6.25. The van der Waals surface area contributed by atoms with Gasteiger partial charge in [-0.1, -0.05) is 84.9 Å². The number of nitrogens with zero attached hydrogens (tertiary/aromatic N) is 4. The van der Waals surface area contributed by atoms with Crippen molar-refractivity contribution in [2.75, 3.05) is 0 Å². The number of furan rings is 2. The van der Waals surface area contributed by atoms with E-state index in [9.17, 15) is 5.26 Å². The molecule has 12 rings (SSSR count). The van der Waals surface area contributed by atoms with E-state index in [1.165, 1.54) is 0 Å². The molecule has 0 amide bonds. The van der Waals surface area contributed by atoms with Gasteiger partial charge in [0.25, 0.3) is 0 Å². The van der Waals surface area contributed by atoms with Crippen molar-refractivity contribution in [2.45, 2.75) is 0 Å². The van der Waals surface area contributed by atoms with Gasteiger partial charge >= 0.3 is 0 Å². The van der Waals surface area contributed by atoms with Gasteiger partial charge in [-0.3, -0.25) is 0 Å². The van der Waals surface area contributed by atoms with Crippen molar-refractivity contribution in [3.63, 3.8) is 0 Å². The van der Waals surface area contributed by atoms with Crippen molar-refractivity contribution < 1.29 is 8.83 Å². The number of hydrogen-bond donors (Lipinski definition) is 0. The van der Waals surface area contributed by atoms with Crippen LogP contribution in [0.4, 0.5) is 5.69 Å². The third-order valence-corrected chi connectivity index (χ3v) is 11.3. The van der Waals surface area contributed by atoms with E-state index in [1.807, 2.05) is 84.9 Å². The lowest BCUT2D eigenvalue weighted by Crippen LogP contribution is -2.01. The van der Waals surface area contributed by atoms with Gasteiger partial charge in [0.2, 0.25) is 0 Å². The summed E-state index contributed by atoms with van der Waals surface area (Å²) in [6.45, 7) is 8.26. The van der Waals surface area contributed by atoms with Crippen LogP contribution in [0.3, 0.4) is 0 Å². The van der Waals surface area contributed by atoms with Gasteiger partial charge in [0.1, 0.15) is 28.4 Å². The number of para-hydroxylation sites is 5. The van der Waals surface area contributed by atoms with Crippen LogP contribution in [0.25, 0.3) is 115 Å². The van der Waals surface area contributed by atoms with Gasteiger partial charge < -0.3 is 18.0 Å². The molecule has 0 fully saturated rings. The van der Waals surface area contributed by atoms with Gasteiger partial charge in [-0.15, -0.1) is 0 Å². The third kappa shape index (κ3) is 4.02. The van der Waals surface area contributed by atoms with Crippen LogP contribution in [-0.2, 0) is 0 Å². The second-order valence-electron chi connectivity index (χ2n) is 14.2. The largest absolute Gasteiger partial charge is 0.455 e. The topological polar surface area (TPSA) is 64.3 Å². The smallest absolute Gasteiger partial charge is 0.189 e. The Bertz CT molecular complexity index is 3750. The van der Waals surface area contributed by atoms with Gasteiger partial charge in [-0.2, -0.15) is 5.26 Å². The Morgan fingerprint density at radius 3 is 1.66 bits per heavy atom. The van der Waals surface area contributed by atoms with Gasteiger partial charge in [-0.05, 0) is 78.4 Å². The molecular formula is C50H26N4O2. The van der Waals surface area contributed by atoms with Crippen molar-refractivity contribution >= 4 is 93.2 Å². The number of hydrogen-bond acceptors (Lipinski definition) is 3. The molecule has 0 unspecified atom stereocenters. The van der Waals surface area contributed by atoms with Crippen molar-refractivity contribution in [2.24, 2.45) is 0 Å². The number of aromatic nitrogens is 2. The molecule has 6 nitrogen and oxygen atoms in total. The van der Waals surface area contributed by atoms with Crippen molar-refractivity contribution in [3.05, 3.63) is 175 Å². The van der Waals surface area contributed by atoms with E-state index < -0.39 is 0 Å². The molecule has 4 heterocycles. The molecule has 0 aliphatic heterocycles. The molecule has 56 heavy (non-hydrogen) atoms. The van der Waals surface area contributed by atoms with Crippen molar-refractivity contribution in [1.29, 1.82) is 5.26 Å². The zero-order valence-electron chi connectivity index (χ0n) is 29.6. The number of fused-ring (bicyclic) bond motifs is 14. The first-order valence-electron chi connectivity index (χ1n) is 18.4. The molecule has 8 aromatic carbocycles. The zero-order chi connectivity index (χ0) is 37.1.